The predicted molar refractivity (Wildman–Crippen MR) is 64.8 cm³/mol. The largest absolute Gasteiger partial charge is 0.361 e. The van der Waals surface area contributed by atoms with Gasteiger partial charge in [-0.05, 0) is 20.8 Å². The Morgan fingerprint density at radius 2 is 2.18 bits per heavy atom. The molecule has 0 amide bonds. The van der Waals surface area contributed by atoms with E-state index in [1.165, 1.54) is 5.56 Å². The Labute approximate surface area is 102 Å². The van der Waals surface area contributed by atoms with Gasteiger partial charge in [0.1, 0.15) is 11.5 Å². The fraction of sp³-hybridized carbons (Fsp3) is 0.692. The van der Waals surface area contributed by atoms with Crippen LogP contribution in [0.2, 0.25) is 0 Å². The summed E-state index contributed by atoms with van der Waals surface area (Å²) in [4.78, 5) is 13.9. The number of rotatable bonds is 2. The first kappa shape index (κ1) is 12.3. The Morgan fingerprint density at radius 1 is 1.47 bits per heavy atom. The van der Waals surface area contributed by atoms with Crippen molar-refractivity contribution < 1.29 is 9.32 Å². The first-order valence-corrected chi connectivity index (χ1v) is 6.20. The van der Waals surface area contributed by atoms with Crippen molar-refractivity contribution in [3.63, 3.8) is 0 Å². The molecule has 2 unspecified atom stereocenters. The highest BCUT2D eigenvalue weighted by molar-refractivity contribution is 5.81. The molecule has 0 N–H and O–H groups in total. The molecule has 2 heterocycles. The van der Waals surface area contributed by atoms with Crippen LogP contribution < -0.4 is 0 Å². The topological polar surface area (TPSA) is 46.3 Å². The molecule has 0 spiro atoms. The number of nitrogens with zero attached hydrogens (tertiary/aromatic N) is 2. The lowest BCUT2D eigenvalue weighted by Gasteiger charge is -2.34. The minimum atomic E-state index is 0.145. The second-order valence-corrected chi connectivity index (χ2v) is 5.03. The number of piperidine rings is 1. The third-order valence-corrected chi connectivity index (χ3v) is 3.76. The summed E-state index contributed by atoms with van der Waals surface area (Å²) in [6.45, 7) is 9.77. The highest BCUT2D eigenvalue weighted by Gasteiger charge is 2.29. The van der Waals surface area contributed by atoms with Crippen molar-refractivity contribution in [1.82, 2.24) is 10.1 Å². The van der Waals surface area contributed by atoms with Gasteiger partial charge >= 0.3 is 0 Å². The molecular formula is C13H20N2O2. The second-order valence-electron chi connectivity index (χ2n) is 5.03. The second kappa shape index (κ2) is 4.61. The Hall–Kier alpha value is -1.16. The zero-order valence-electron chi connectivity index (χ0n) is 11.0. The highest BCUT2D eigenvalue weighted by Crippen LogP contribution is 2.29. The average molecular weight is 236 g/mol. The maximum Gasteiger partial charge on any atom is 0.138 e. The van der Waals surface area contributed by atoms with Gasteiger partial charge in [-0.25, -0.2) is 0 Å². The van der Waals surface area contributed by atoms with E-state index in [1.807, 2.05) is 20.8 Å². The van der Waals surface area contributed by atoms with E-state index in [9.17, 15) is 4.79 Å². The molecule has 0 saturated carbocycles. The molecule has 0 bridgehead atoms. The third kappa shape index (κ3) is 2.27. The molecule has 1 saturated heterocycles. The van der Waals surface area contributed by atoms with Crippen LogP contribution in [0, 0.1) is 19.8 Å². The lowest BCUT2D eigenvalue weighted by molar-refractivity contribution is -0.126. The van der Waals surface area contributed by atoms with E-state index in [1.54, 1.807) is 0 Å². The van der Waals surface area contributed by atoms with Crippen LogP contribution in [0.15, 0.2) is 4.52 Å². The Balaban J connectivity index is 2.16. The molecule has 17 heavy (non-hydrogen) atoms. The Kier molecular flexibility index (Phi) is 3.33. The predicted octanol–water partition coefficient (Wildman–Crippen LogP) is 2.26. The van der Waals surface area contributed by atoms with Crippen LogP contribution >= 0.6 is 0 Å². The maximum absolute atomic E-state index is 11.5. The summed E-state index contributed by atoms with van der Waals surface area (Å²) < 4.78 is 5.21. The van der Waals surface area contributed by atoms with Gasteiger partial charge in [0.2, 0.25) is 0 Å². The number of hydrogen-bond acceptors (Lipinski definition) is 4. The molecule has 2 rings (SSSR count). The van der Waals surface area contributed by atoms with Crippen LogP contribution in [0.1, 0.15) is 43.3 Å². The molecule has 1 aromatic rings. The fourth-order valence-corrected chi connectivity index (χ4v) is 2.67. The molecule has 2 atom stereocenters. The van der Waals surface area contributed by atoms with Crippen LogP contribution in [0.25, 0.3) is 0 Å². The smallest absolute Gasteiger partial charge is 0.138 e. The van der Waals surface area contributed by atoms with Gasteiger partial charge in [-0.2, -0.15) is 0 Å². The maximum atomic E-state index is 11.5. The van der Waals surface area contributed by atoms with E-state index in [4.69, 9.17) is 4.52 Å². The molecule has 1 fully saturated rings. The van der Waals surface area contributed by atoms with Gasteiger partial charge in [0.05, 0.1) is 5.69 Å². The van der Waals surface area contributed by atoms with Crippen LogP contribution in [0.5, 0.6) is 0 Å². The first-order valence-electron chi connectivity index (χ1n) is 6.20. The molecule has 0 radical (unpaired) electrons. The summed E-state index contributed by atoms with van der Waals surface area (Å²) in [7, 11) is 0. The van der Waals surface area contributed by atoms with Gasteiger partial charge in [0, 0.05) is 37.0 Å². The molecule has 1 aromatic heterocycles. The van der Waals surface area contributed by atoms with Gasteiger partial charge in [-0.1, -0.05) is 12.1 Å². The zero-order valence-corrected chi connectivity index (χ0v) is 11.0. The van der Waals surface area contributed by atoms with Crippen molar-refractivity contribution in [3.8, 4) is 0 Å². The van der Waals surface area contributed by atoms with Crippen LogP contribution in [-0.2, 0) is 4.79 Å². The van der Waals surface area contributed by atoms with Gasteiger partial charge < -0.3 is 4.52 Å². The molecule has 4 heteroatoms. The van der Waals surface area contributed by atoms with Gasteiger partial charge in [-0.3, -0.25) is 9.69 Å². The number of likely N-dealkylation sites (tertiary alicyclic amines) is 1. The summed E-state index contributed by atoms with van der Waals surface area (Å²) in [5.74, 6) is 1.42. The van der Waals surface area contributed by atoms with E-state index in [0.717, 1.165) is 24.5 Å². The summed E-state index contributed by atoms with van der Waals surface area (Å²) in [5, 5.41) is 4.00. The van der Waals surface area contributed by atoms with Gasteiger partial charge in [0.25, 0.3) is 0 Å². The summed E-state index contributed by atoms with van der Waals surface area (Å²) in [5.41, 5.74) is 2.13. The highest BCUT2D eigenvalue weighted by atomic mass is 16.5. The summed E-state index contributed by atoms with van der Waals surface area (Å²) >= 11 is 0. The van der Waals surface area contributed by atoms with E-state index < -0.39 is 0 Å². The molecule has 94 valence electrons. The zero-order chi connectivity index (χ0) is 12.6. The van der Waals surface area contributed by atoms with E-state index >= 15 is 0 Å². The number of carbonyl (C=O) groups excluding carboxylic acids is 1. The standard InChI is InChI=1S/C13H20N2O2/c1-8-7-15(6-5-12(8)16)10(3)13-9(2)14-17-11(13)4/h8,10H,5-7H2,1-4H3. The van der Waals surface area contributed by atoms with Crippen molar-refractivity contribution in [2.45, 2.75) is 40.2 Å². The molecule has 4 nitrogen and oxygen atoms in total. The fourth-order valence-electron chi connectivity index (χ4n) is 2.67. The quantitative estimate of drug-likeness (QED) is 0.790. The molecule has 1 aliphatic rings. The van der Waals surface area contributed by atoms with Gasteiger partial charge in [-0.15, -0.1) is 0 Å². The van der Waals surface area contributed by atoms with Crippen molar-refractivity contribution in [2.75, 3.05) is 13.1 Å². The first-order chi connectivity index (χ1) is 8.00. The average Bonchev–Trinajstić information content (AvgIpc) is 2.62. The number of aryl methyl sites for hydroxylation is 2. The number of hydrogen-bond donors (Lipinski definition) is 0. The van der Waals surface area contributed by atoms with Gasteiger partial charge in [0.15, 0.2) is 0 Å². The van der Waals surface area contributed by atoms with Crippen molar-refractivity contribution in [2.24, 2.45) is 5.92 Å². The monoisotopic (exact) mass is 236 g/mol. The number of ketones is 1. The lowest BCUT2D eigenvalue weighted by atomic mass is 9.95. The number of aromatic nitrogens is 1. The summed E-state index contributed by atoms with van der Waals surface area (Å²) in [6.07, 6.45) is 0.662. The minimum Gasteiger partial charge on any atom is -0.361 e. The molecule has 0 aromatic carbocycles. The lowest BCUT2D eigenvalue weighted by Crippen LogP contribution is -2.41. The summed E-state index contributed by atoms with van der Waals surface area (Å²) in [6, 6.07) is 0.275. The van der Waals surface area contributed by atoms with Crippen LogP contribution in [-0.4, -0.2) is 28.9 Å². The van der Waals surface area contributed by atoms with E-state index in [2.05, 4.69) is 17.0 Å². The molecule has 0 aliphatic carbocycles. The number of carbonyl (C=O) groups is 1. The number of Topliss-reactive ketones (excluding diaryl/α,β-unsaturated/α-hetero) is 1. The van der Waals surface area contributed by atoms with Crippen molar-refractivity contribution in [1.29, 1.82) is 0 Å². The van der Waals surface area contributed by atoms with Crippen LogP contribution in [0.4, 0.5) is 0 Å². The Bertz CT molecular complexity index is 406. The third-order valence-electron chi connectivity index (χ3n) is 3.76. The Morgan fingerprint density at radius 3 is 2.71 bits per heavy atom. The molecule has 1 aliphatic heterocycles. The van der Waals surface area contributed by atoms with E-state index in [-0.39, 0.29) is 12.0 Å². The SMILES string of the molecule is Cc1noc(C)c1C(C)N1CCC(=O)C(C)C1. The van der Waals surface area contributed by atoms with E-state index in [0.29, 0.717) is 12.2 Å². The molecular weight excluding hydrogens is 216 g/mol. The minimum absolute atomic E-state index is 0.145. The van der Waals surface area contributed by atoms with Crippen molar-refractivity contribution >= 4 is 5.78 Å². The van der Waals surface area contributed by atoms with Crippen LogP contribution in [0.3, 0.4) is 0 Å². The van der Waals surface area contributed by atoms with Crippen molar-refractivity contribution in [3.05, 3.63) is 17.0 Å². The normalized spacial score (nSPS) is 24.0.